The zero-order chi connectivity index (χ0) is 17.3. The quantitative estimate of drug-likeness (QED) is 0.838. The van der Waals surface area contributed by atoms with Crippen molar-refractivity contribution in [1.82, 2.24) is 10.6 Å². The molecule has 1 saturated heterocycles. The third-order valence-electron chi connectivity index (χ3n) is 5.40. The fraction of sp³-hybridized carbons (Fsp3) is 0.722. The number of rotatable bonds is 6. The van der Waals surface area contributed by atoms with Crippen molar-refractivity contribution in [2.75, 3.05) is 20.3 Å². The van der Waals surface area contributed by atoms with Gasteiger partial charge in [0.25, 0.3) is 0 Å². The summed E-state index contributed by atoms with van der Waals surface area (Å²) in [4.78, 5) is 12.5. The second kappa shape index (κ2) is 6.76. The van der Waals surface area contributed by atoms with E-state index >= 15 is 0 Å². The van der Waals surface area contributed by atoms with Crippen molar-refractivity contribution in [3.63, 3.8) is 0 Å². The van der Waals surface area contributed by atoms with Crippen LogP contribution in [0, 0.1) is 11.3 Å². The monoisotopic (exact) mass is 336 g/mol. The van der Waals surface area contributed by atoms with Gasteiger partial charge in [-0.15, -0.1) is 0 Å². The minimum absolute atomic E-state index is 0.0324. The van der Waals surface area contributed by atoms with E-state index in [9.17, 15) is 4.79 Å². The summed E-state index contributed by atoms with van der Waals surface area (Å²) in [6.07, 6.45) is 2.10. The lowest BCUT2D eigenvalue weighted by Crippen LogP contribution is -2.67. The molecule has 4 atom stereocenters. The molecule has 0 radical (unpaired) electrons. The Bertz CT molecular complexity index is 583. The fourth-order valence-corrected chi connectivity index (χ4v) is 4.09. The van der Waals surface area contributed by atoms with Gasteiger partial charge in [0.2, 0.25) is 0 Å². The maximum atomic E-state index is 12.5. The number of carbonyl (C=O) groups excluding carboxylic acids is 1. The number of furan rings is 1. The average Bonchev–Trinajstić information content (AvgIpc) is 3.20. The molecule has 0 spiro atoms. The number of aryl methyl sites for hydroxylation is 1. The number of fused-ring (bicyclic) bond motifs is 1. The molecule has 2 aliphatic rings. The Hall–Kier alpha value is -1.53. The lowest BCUT2D eigenvalue weighted by molar-refractivity contribution is -0.108. The standard InChI is InChI=1S/C18H28N2O4/c1-5-11-6-7-14(24-11)13(10-22-4)19-17(21)20-15-12-8-9-23-16(12)18(15,2)3/h6-7,12-13,15-16H,5,8-10H2,1-4H3,(H2,19,20,21)/t12-,13+,15-,16+/m1/s1. The number of nitrogens with one attached hydrogen (secondary N) is 2. The Morgan fingerprint density at radius 2 is 2.25 bits per heavy atom. The van der Waals surface area contributed by atoms with Gasteiger partial charge in [-0.1, -0.05) is 20.8 Å². The van der Waals surface area contributed by atoms with Crippen molar-refractivity contribution in [3.8, 4) is 0 Å². The van der Waals surface area contributed by atoms with E-state index in [0.29, 0.717) is 12.5 Å². The number of urea groups is 1. The second-order valence-electron chi connectivity index (χ2n) is 7.33. The van der Waals surface area contributed by atoms with Crippen LogP contribution in [0.5, 0.6) is 0 Å². The molecule has 0 unspecified atom stereocenters. The van der Waals surface area contributed by atoms with Crippen LogP contribution < -0.4 is 10.6 Å². The Balaban J connectivity index is 1.61. The Morgan fingerprint density at radius 3 is 2.92 bits per heavy atom. The van der Waals surface area contributed by atoms with E-state index in [1.165, 1.54) is 0 Å². The molecule has 0 bridgehead atoms. The summed E-state index contributed by atoms with van der Waals surface area (Å²) < 4.78 is 16.8. The van der Waals surface area contributed by atoms with Gasteiger partial charge in [0.1, 0.15) is 17.6 Å². The van der Waals surface area contributed by atoms with Gasteiger partial charge < -0.3 is 24.5 Å². The topological polar surface area (TPSA) is 72.7 Å². The molecule has 1 aromatic rings. The summed E-state index contributed by atoms with van der Waals surface area (Å²) in [5, 5.41) is 6.11. The van der Waals surface area contributed by atoms with E-state index in [0.717, 1.165) is 31.0 Å². The number of ether oxygens (including phenoxy) is 2. The number of hydrogen-bond acceptors (Lipinski definition) is 4. The van der Waals surface area contributed by atoms with E-state index in [1.807, 2.05) is 19.1 Å². The Labute approximate surface area is 143 Å². The molecule has 134 valence electrons. The van der Waals surface area contributed by atoms with Crippen molar-refractivity contribution in [3.05, 3.63) is 23.7 Å². The van der Waals surface area contributed by atoms with E-state index < -0.39 is 0 Å². The van der Waals surface area contributed by atoms with Gasteiger partial charge in [0, 0.05) is 37.5 Å². The van der Waals surface area contributed by atoms with Crippen LogP contribution in [0.3, 0.4) is 0 Å². The largest absolute Gasteiger partial charge is 0.464 e. The SMILES string of the molecule is CCc1ccc([C@H](COC)NC(=O)N[C@@H]2[C@H]3CCO[C@@H]3C2(C)C)o1. The summed E-state index contributed by atoms with van der Waals surface area (Å²) in [5.74, 6) is 2.04. The van der Waals surface area contributed by atoms with Crippen LogP contribution >= 0.6 is 0 Å². The summed E-state index contributed by atoms with van der Waals surface area (Å²) in [7, 11) is 1.62. The zero-order valence-electron chi connectivity index (χ0n) is 14.9. The predicted octanol–water partition coefficient (Wildman–Crippen LogP) is 2.64. The van der Waals surface area contributed by atoms with Gasteiger partial charge in [-0.2, -0.15) is 0 Å². The number of amides is 2. The van der Waals surface area contributed by atoms with E-state index in [-0.39, 0.29) is 29.6 Å². The minimum Gasteiger partial charge on any atom is -0.464 e. The molecule has 3 rings (SSSR count). The van der Waals surface area contributed by atoms with Gasteiger partial charge in [-0.05, 0) is 18.6 Å². The first-order chi connectivity index (χ1) is 11.5. The molecule has 1 aromatic heterocycles. The van der Waals surface area contributed by atoms with Crippen LogP contribution in [0.4, 0.5) is 4.79 Å². The average molecular weight is 336 g/mol. The lowest BCUT2D eigenvalue weighted by Gasteiger charge is -2.54. The first-order valence-electron chi connectivity index (χ1n) is 8.73. The highest BCUT2D eigenvalue weighted by atomic mass is 16.5. The summed E-state index contributed by atoms with van der Waals surface area (Å²) in [6.45, 7) is 7.49. The first-order valence-corrected chi connectivity index (χ1v) is 8.73. The van der Waals surface area contributed by atoms with Gasteiger partial charge >= 0.3 is 6.03 Å². The Kier molecular flexibility index (Phi) is 4.88. The highest BCUT2D eigenvalue weighted by molar-refractivity contribution is 5.75. The van der Waals surface area contributed by atoms with Gasteiger partial charge in [0.15, 0.2) is 0 Å². The molecule has 2 amide bonds. The highest BCUT2D eigenvalue weighted by Gasteiger charge is 2.59. The first kappa shape index (κ1) is 17.3. The smallest absolute Gasteiger partial charge is 0.315 e. The van der Waals surface area contributed by atoms with Crippen molar-refractivity contribution in [2.24, 2.45) is 11.3 Å². The van der Waals surface area contributed by atoms with Crippen molar-refractivity contribution in [1.29, 1.82) is 0 Å². The molecular weight excluding hydrogens is 308 g/mol. The molecule has 6 heteroatoms. The van der Waals surface area contributed by atoms with Crippen LogP contribution in [0.15, 0.2) is 16.5 Å². The van der Waals surface area contributed by atoms with Crippen LogP contribution in [0.2, 0.25) is 0 Å². The normalized spacial score (nSPS) is 28.8. The number of methoxy groups -OCH3 is 1. The van der Waals surface area contributed by atoms with E-state index in [1.54, 1.807) is 7.11 Å². The van der Waals surface area contributed by atoms with E-state index in [4.69, 9.17) is 13.9 Å². The maximum absolute atomic E-state index is 12.5. The van der Waals surface area contributed by atoms with Crippen molar-refractivity contribution in [2.45, 2.75) is 51.8 Å². The molecular formula is C18H28N2O4. The zero-order valence-corrected chi connectivity index (χ0v) is 14.9. The molecule has 0 aromatic carbocycles. The summed E-state index contributed by atoms with van der Waals surface area (Å²) in [6, 6.07) is 3.49. The maximum Gasteiger partial charge on any atom is 0.315 e. The number of hydrogen-bond donors (Lipinski definition) is 2. The second-order valence-corrected chi connectivity index (χ2v) is 7.33. The third kappa shape index (κ3) is 3.05. The van der Waals surface area contributed by atoms with Gasteiger partial charge in [-0.25, -0.2) is 4.79 Å². The van der Waals surface area contributed by atoms with E-state index in [2.05, 4.69) is 24.5 Å². The van der Waals surface area contributed by atoms with Crippen LogP contribution in [-0.4, -0.2) is 38.5 Å². The fourth-order valence-electron chi connectivity index (χ4n) is 4.09. The van der Waals surface area contributed by atoms with Crippen molar-refractivity contribution >= 4 is 6.03 Å². The van der Waals surface area contributed by atoms with Crippen molar-refractivity contribution < 1.29 is 18.7 Å². The van der Waals surface area contributed by atoms with Gasteiger partial charge in [0.05, 0.1) is 12.7 Å². The molecule has 1 aliphatic heterocycles. The molecule has 1 aliphatic carbocycles. The summed E-state index contributed by atoms with van der Waals surface area (Å²) in [5.41, 5.74) is -0.0324. The molecule has 6 nitrogen and oxygen atoms in total. The van der Waals surface area contributed by atoms with Crippen LogP contribution in [-0.2, 0) is 15.9 Å². The third-order valence-corrected chi connectivity index (χ3v) is 5.40. The number of carbonyl (C=O) groups is 1. The molecule has 2 heterocycles. The minimum atomic E-state index is -0.297. The predicted molar refractivity (Wildman–Crippen MR) is 89.8 cm³/mol. The van der Waals surface area contributed by atoms with Crippen LogP contribution in [0.1, 0.15) is 44.8 Å². The van der Waals surface area contributed by atoms with Gasteiger partial charge in [-0.3, -0.25) is 0 Å². The summed E-state index contributed by atoms with van der Waals surface area (Å²) >= 11 is 0. The molecule has 2 fully saturated rings. The molecule has 2 N–H and O–H groups in total. The molecule has 1 saturated carbocycles. The highest BCUT2D eigenvalue weighted by Crippen LogP contribution is 2.52. The Morgan fingerprint density at radius 1 is 1.46 bits per heavy atom. The van der Waals surface area contributed by atoms with Crippen LogP contribution in [0.25, 0.3) is 0 Å². The molecule has 24 heavy (non-hydrogen) atoms. The lowest BCUT2D eigenvalue weighted by atomic mass is 9.57.